The Bertz CT molecular complexity index is 180. The highest BCUT2D eigenvalue weighted by Gasteiger charge is 2.53. The van der Waals surface area contributed by atoms with E-state index in [1.807, 2.05) is 0 Å². The van der Waals surface area contributed by atoms with Crippen LogP contribution < -0.4 is 5.32 Å². The summed E-state index contributed by atoms with van der Waals surface area (Å²) in [5.74, 6) is -0.793. The third-order valence-corrected chi connectivity index (χ3v) is 1.98. The molecule has 1 saturated heterocycles. The molecule has 1 N–H and O–H groups in total. The van der Waals surface area contributed by atoms with Crippen LogP contribution in [0.25, 0.3) is 0 Å². The van der Waals surface area contributed by atoms with E-state index in [9.17, 15) is 13.6 Å². The van der Waals surface area contributed by atoms with Crippen LogP contribution in [0.3, 0.4) is 0 Å². The number of ether oxygens (including phenoxy) is 1. The predicted molar refractivity (Wildman–Crippen MR) is 37.9 cm³/mol. The van der Waals surface area contributed by atoms with Crippen molar-refractivity contribution in [2.45, 2.75) is 13.3 Å². The van der Waals surface area contributed by atoms with Gasteiger partial charge in [0.25, 0.3) is 6.43 Å². The maximum atomic E-state index is 12.4. The number of hydrogen-bond acceptors (Lipinski definition) is 3. The second-order valence-electron chi connectivity index (χ2n) is 2.78. The smallest absolute Gasteiger partial charge is 0.320 e. The van der Waals surface area contributed by atoms with E-state index >= 15 is 0 Å². The first-order chi connectivity index (χ1) is 5.63. The first-order valence-corrected chi connectivity index (χ1v) is 3.79. The molecule has 0 aromatic rings. The first kappa shape index (κ1) is 9.38. The summed E-state index contributed by atoms with van der Waals surface area (Å²) in [4.78, 5) is 11.0. The van der Waals surface area contributed by atoms with E-state index in [1.54, 1.807) is 6.92 Å². The molecular weight excluding hydrogens is 168 g/mol. The van der Waals surface area contributed by atoms with E-state index in [4.69, 9.17) is 0 Å². The molecule has 1 aliphatic rings. The number of halogens is 2. The van der Waals surface area contributed by atoms with E-state index in [-0.39, 0.29) is 19.7 Å². The van der Waals surface area contributed by atoms with Crippen molar-refractivity contribution in [3.8, 4) is 0 Å². The lowest BCUT2D eigenvalue weighted by Crippen LogP contribution is -2.62. The van der Waals surface area contributed by atoms with Gasteiger partial charge < -0.3 is 10.1 Å². The molecule has 0 saturated carbocycles. The highest BCUT2D eigenvalue weighted by atomic mass is 19.3. The third kappa shape index (κ3) is 1.29. The molecule has 0 spiro atoms. The Morgan fingerprint density at radius 3 is 2.50 bits per heavy atom. The normalized spacial score (nSPS) is 20.3. The molecule has 5 heteroatoms. The number of nitrogens with one attached hydrogen (secondary N) is 1. The van der Waals surface area contributed by atoms with Crippen LogP contribution in [0.5, 0.6) is 0 Å². The Morgan fingerprint density at radius 1 is 1.67 bits per heavy atom. The maximum Gasteiger partial charge on any atom is 0.320 e. The fraction of sp³-hybridized carbons (Fsp3) is 0.857. The Kier molecular flexibility index (Phi) is 2.62. The Hall–Kier alpha value is -0.710. The van der Waals surface area contributed by atoms with Crippen LogP contribution in [0.4, 0.5) is 8.78 Å². The minimum Gasteiger partial charge on any atom is -0.465 e. The molecule has 1 heterocycles. The van der Waals surface area contributed by atoms with Crippen molar-refractivity contribution in [2.24, 2.45) is 5.41 Å². The zero-order chi connectivity index (χ0) is 9.19. The second kappa shape index (κ2) is 3.35. The Balaban J connectivity index is 2.60. The molecule has 0 atom stereocenters. The highest BCUT2D eigenvalue weighted by Crippen LogP contribution is 2.31. The van der Waals surface area contributed by atoms with Gasteiger partial charge in [-0.25, -0.2) is 8.78 Å². The van der Waals surface area contributed by atoms with Gasteiger partial charge in [-0.2, -0.15) is 0 Å². The molecular formula is C7H11F2NO2. The molecule has 0 aromatic heterocycles. The van der Waals surface area contributed by atoms with Gasteiger partial charge in [0, 0.05) is 13.1 Å². The summed E-state index contributed by atoms with van der Waals surface area (Å²) in [7, 11) is 0. The molecule has 0 bridgehead atoms. The number of rotatable bonds is 3. The van der Waals surface area contributed by atoms with Crippen LogP contribution in [0.15, 0.2) is 0 Å². The van der Waals surface area contributed by atoms with Crippen LogP contribution in [-0.2, 0) is 9.53 Å². The van der Waals surface area contributed by atoms with E-state index in [1.165, 1.54) is 0 Å². The molecule has 0 unspecified atom stereocenters. The average molecular weight is 179 g/mol. The summed E-state index contributed by atoms with van der Waals surface area (Å²) >= 11 is 0. The van der Waals surface area contributed by atoms with Gasteiger partial charge in [0.2, 0.25) is 0 Å². The number of carbonyl (C=O) groups excluding carboxylic acids is 1. The number of alkyl halides is 2. The lowest BCUT2D eigenvalue weighted by atomic mass is 9.82. The molecule has 0 amide bonds. The minimum atomic E-state index is -2.64. The van der Waals surface area contributed by atoms with Crippen LogP contribution in [-0.4, -0.2) is 32.1 Å². The topological polar surface area (TPSA) is 38.3 Å². The predicted octanol–water partition coefficient (Wildman–Crippen LogP) is 0.404. The zero-order valence-electron chi connectivity index (χ0n) is 6.77. The van der Waals surface area contributed by atoms with Gasteiger partial charge in [0.15, 0.2) is 5.41 Å². The lowest BCUT2D eigenvalue weighted by molar-refractivity contribution is -0.171. The fourth-order valence-electron chi connectivity index (χ4n) is 1.06. The maximum absolute atomic E-state index is 12.4. The van der Waals surface area contributed by atoms with Gasteiger partial charge in [0.1, 0.15) is 0 Å². The van der Waals surface area contributed by atoms with Gasteiger partial charge >= 0.3 is 5.97 Å². The van der Waals surface area contributed by atoms with E-state index in [0.29, 0.717) is 0 Å². The third-order valence-electron chi connectivity index (χ3n) is 1.98. The van der Waals surface area contributed by atoms with Crippen molar-refractivity contribution in [3.05, 3.63) is 0 Å². The number of carbonyl (C=O) groups is 1. The van der Waals surface area contributed by atoms with Gasteiger partial charge in [0.05, 0.1) is 6.61 Å². The van der Waals surface area contributed by atoms with Crippen LogP contribution in [0.2, 0.25) is 0 Å². The molecule has 1 fully saturated rings. The van der Waals surface area contributed by atoms with Crippen molar-refractivity contribution in [1.29, 1.82) is 0 Å². The van der Waals surface area contributed by atoms with Gasteiger partial charge in [-0.3, -0.25) is 4.79 Å². The Morgan fingerprint density at radius 2 is 2.25 bits per heavy atom. The van der Waals surface area contributed by atoms with Gasteiger partial charge in [-0.05, 0) is 6.92 Å². The SMILES string of the molecule is CCOC(=O)C1(C(F)F)CNC1. The highest BCUT2D eigenvalue weighted by molar-refractivity contribution is 5.79. The summed E-state index contributed by atoms with van der Waals surface area (Å²) in [6, 6.07) is 0. The molecule has 3 nitrogen and oxygen atoms in total. The molecule has 1 aliphatic heterocycles. The van der Waals surface area contributed by atoms with E-state index in [0.717, 1.165) is 0 Å². The van der Waals surface area contributed by atoms with Crippen molar-refractivity contribution in [3.63, 3.8) is 0 Å². The Labute approximate surface area is 69.1 Å². The van der Waals surface area contributed by atoms with E-state index < -0.39 is 17.8 Å². The average Bonchev–Trinajstić information content (AvgIpc) is 1.83. The monoisotopic (exact) mass is 179 g/mol. The summed E-state index contributed by atoms with van der Waals surface area (Å²) in [5.41, 5.74) is -1.57. The second-order valence-corrected chi connectivity index (χ2v) is 2.78. The molecule has 0 aromatic carbocycles. The summed E-state index contributed by atoms with van der Waals surface area (Å²) in [6.07, 6.45) is -2.64. The van der Waals surface area contributed by atoms with E-state index in [2.05, 4.69) is 10.1 Å². The van der Waals surface area contributed by atoms with Crippen molar-refractivity contribution in [1.82, 2.24) is 5.32 Å². The quantitative estimate of drug-likeness (QED) is 0.637. The van der Waals surface area contributed by atoms with Crippen molar-refractivity contribution < 1.29 is 18.3 Å². The zero-order valence-corrected chi connectivity index (χ0v) is 6.77. The standard InChI is InChI=1S/C7H11F2NO2/c1-2-12-6(11)7(5(8)9)3-10-4-7/h5,10H,2-4H2,1H3. The lowest BCUT2D eigenvalue weighted by Gasteiger charge is -2.38. The van der Waals surface area contributed by atoms with Crippen LogP contribution in [0, 0.1) is 5.41 Å². The summed E-state index contributed by atoms with van der Waals surface area (Å²) in [6.45, 7) is 1.78. The van der Waals surface area contributed by atoms with Crippen LogP contribution in [0.1, 0.15) is 6.92 Å². The van der Waals surface area contributed by atoms with Crippen molar-refractivity contribution >= 4 is 5.97 Å². The largest absolute Gasteiger partial charge is 0.465 e. The molecule has 12 heavy (non-hydrogen) atoms. The molecule has 0 aliphatic carbocycles. The number of esters is 1. The van der Waals surface area contributed by atoms with Crippen LogP contribution >= 0.6 is 0 Å². The summed E-state index contributed by atoms with van der Waals surface area (Å²) in [5, 5.41) is 2.64. The number of hydrogen-bond donors (Lipinski definition) is 1. The fourth-order valence-corrected chi connectivity index (χ4v) is 1.06. The van der Waals surface area contributed by atoms with Gasteiger partial charge in [-0.15, -0.1) is 0 Å². The molecule has 0 radical (unpaired) electrons. The summed E-state index contributed by atoms with van der Waals surface area (Å²) < 4.78 is 29.3. The van der Waals surface area contributed by atoms with Crippen molar-refractivity contribution in [2.75, 3.05) is 19.7 Å². The molecule has 1 rings (SSSR count). The van der Waals surface area contributed by atoms with Gasteiger partial charge in [-0.1, -0.05) is 0 Å². The minimum absolute atomic E-state index is 0.0174. The molecule has 70 valence electrons. The first-order valence-electron chi connectivity index (χ1n) is 3.79.